The summed E-state index contributed by atoms with van der Waals surface area (Å²) in [5.41, 5.74) is 7.93. The maximum absolute atomic E-state index is 12.0. The Morgan fingerprint density at radius 2 is 2.05 bits per heavy atom. The summed E-state index contributed by atoms with van der Waals surface area (Å²) in [5, 5.41) is 0. The van der Waals surface area contributed by atoms with Gasteiger partial charge in [-0.25, -0.2) is 0 Å². The summed E-state index contributed by atoms with van der Waals surface area (Å²) < 4.78 is 0. The van der Waals surface area contributed by atoms with Gasteiger partial charge in [-0.3, -0.25) is 4.79 Å². The first-order valence-corrected chi connectivity index (χ1v) is 9.33. The van der Waals surface area contributed by atoms with Gasteiger partial charge in [0.25, 0.3) is 0 Å². The van der Waals surface area contributed by atoms with Crippen molar-refractivity contribution in [1.29, 1.82) is 0 Å². The topological polar surface area (TPSA) is 43.1 Å². The minimum absolute atomic E-state index is 0.0449. The molecule has 5 atom stereocenters. The number of amides is 1. The van der Waals surface area contributed by atoms with Crippen LogP contribution in [0.15, 0.2) is 30.3 Å². The van der Waals surface area contributed by atoms with Crippen molar-refractivity contribution in [3.8, 4) is 0 Å². The molecular weight excluding hydrogens is 278 g/mol. The number of carbonyl (C=O) groups is 1. The van der Waals surface area contributed by atoms with Crippen molar-refractivity contribution in [3.63, 3.8) is 0 Å². The van der Waals surface area contributed by atoms with E-state index >= 15 is 0 Å². The Bertz CT molecular complexity index is 574. The van der Waals surface area contributed by atoms with Crippen LogP contribution in [0.4, 0.5) is 0 Å². The second kappa shape index (κ2) is 4.52. The molecule has 4 bridgehead atoms. The number of nitrogens with two attached hydrogens (primary N) is 1. The molecule has 0 spiro atoms. The highest BCUT2D eigenvalue weighted by Crippen LogP contribution is 2.73. The molecule has 2 nitrogen and oxygen atoms in total. The third-order valence-corrected chi connectivity index (χ3v) is 7.36. The van der Waals surface area contributed by atoms with Crippen LogP contribution in [0.25, 0.3) is 0 Å². The average Bonchev–Trinajstić information content (AvgIpc) is 2.82. The molecule has 1 amide bonds. The van der Waals surface area contributed by atoms with Crippen LogP contribution in [-0.4, -0.2) is 17.9 Å². The van der Waals surface area contributed by atoms with E-state index in [4.69, 9.17) is 5.73 Å². The molecule has 0 saturated heterocycles. The van der Waals surface area contributed by atoms with Gasteiger partial charge in [-0.15, -0.1) is 0 Å². The first-order valence-electron chi connectivity index (χ1n) is 7.94. The number of benzene rings is 1. The lowest BCUT2D eigenvalue weighted by atomic mass is 9.62. The zero-order valence-corrected chi connectivity index (χ0v) is 13.4. The number of hydrogen-bond acceptors (Lipinski definition) is 2. The van der Waals surface area contributed by atoms with E-state index < -0.39 is 0 Å². The molecule has 3 heteroatoms. The molecule has 0 aliphatic heterocycles. The summed E-state index contributed by atoms with van der Waals surface area (Å²) in [4.78, 5) is 12.0. The molecule has 112 valence electrons. The van der Waals surface area contributed by atoms with Gasteiger partial charge in [0, 0.05) is 5.92 Å². The monoisotopic (exact) mass is 301 g/mol. The van der Waals surface area contributed by atoms with Gasteiger partial charge in [0.2, 0.25) is 5.91 Å². The third kappa shape index (κ3) is 1.76. The van der Waals surface area contributed by atoms with Crippen LogP contribution in [0.3, 0.4) is 0 Å². The van der Waals surface area contributed by atoms with Crippen molar-refractivity contribution in [2.75, 3.05) is 12.0 Å². The van der Waals surface area contributed by atoms with Crippen LogP contribution >= 0.6 is 11.8 Å². The van der Waals surface area contributed by atoms with Crippen LogP contribution < -0.4 is 5.73 Å². The first-order chi connectivity index (χ1) is 10.1. The van der Waals surface area contributed by atoms with Gasteiger partial charge < -0.3 is 5.73 Å². The molecule has 1 aromatic carbocycles. The van der Waals surface area contributed by atoms with Crippen molar-refractivity contribution in [1.82, 2.24) is 0 Å². The molecule has 4 aliphatic carbocycles. The molecule has 0 heterocycles. The Morgan fingerprint density at radius 1 is 1.29 bits per heavy atom. The van der Waals surface area contributed by atoms with Crippen LogP contribution in [0.2, 0.25) is 0 Å². The lowest BCUT2D eigenvalue weighted by Crippen LogP contribution is -2.40. The van der Waals surface area contributed by atoms with E-state index in [1.54, 1.807) is 0 Å². The summed E-state index contributed by atoms with van der Waals surface area (Å²) in [6.45, 7) is 0. The van der Waals surface area contributed by atoms with E-state index in [2.05, 4.69) is 36.6 Å². The molecule has 4 saturated carbocycles. The van der Waals surface area contributed by atoms with E-state index in [9.17, 15) is 4.79 Å². The number of carbonyl (C=O) groups excluding carboxylic acids is 1. The van der Waals surface area contributed by atoms with E-state index in [-0.39, 0.29) is 11.8 Å². The Morgan fingerprint density at radius 3 is 2.71 bits per heavy atom. The van der Waals surface area contributed by atoms with Crippen molar-refractivity contribution < 1.29 is 4.79 Å². The molecule has 2 N–H and O–H groups in total. The maximum Gasteiger partial charge on any atom is 0.221 e. The van der Waals surface area contributed by atoms with E-state index in [1.165, 1.54) is 30.6 Å². The number of primary amides is 1. The highest BCUT2D eigenvalue weighted by Gasteiger charge is 2.68. The lowest BCUT2D eigenvalue weighted by molar-refractivity contribution is -0.125. The van der Waals surface area contributed by atoms with Gasteiger partial charge in [-0.05, 0) is 65.9 Å². The van der Waals surface area contributed by atoms with Gasteiger partial charge in [-0.2, -0.15) is 11.8 Å². The smallest absolute Gasteiger partial charge is 0.221 e. The number of rotatable bonds is 4. The Labute approximate surface area is 130 Å². The summed E-state index contributed by atoms with van der Waals surface area (Å²) in [5.74, 6) is 2.31. The SMILES string of the molecule is CSCC12CC3CC(c4ccccc4)(CC1[C@@H]3C(N)=O)C2. The minimum atomic E-state index is -0.0449. The van der Waals surface area contributed by atoms with E-state index in [0.29, 0.717) is 22.7 Å². The van der Waals surface area contributed by atoms with Crippen LogP contribution in [-0.2, 0) is 10.2 Å². The predicted octanol–water partition coefficient (Wildman–Crippen LogP) is 3.21. The van der Waals surface area contributed by atoms with Crippen molar-refractivity contribution in [3.05, 3.63) is 35.9 Å². The standard InChI is InChI=1S/C18H23NOS/c1-21-11-18-8-12-7-17(10-18,13-5-3-2-4-6-13)9-14(18)15(12)16(19)20/h2-6,12,14-15H,7-11H2,1H3,(H2,19,20)/t12?,14?,15-,17?,18?/m1/s1. The van der Waals surface area contributed by atoms with E-state index in [0.717, 1.165) is 6.42 Å². The fourth-order valence-electron chi connectivity index (χ4n) is 6.14. The summed E-state index contributed by atoms with van der Waals surface area (Å²) in [7, 11) is 0. The molecule has 4 aliphatic rings. The first kappa shape index (κ1) is 13.7. The molecule has 4 unspecified atom stereocenters. The summed E-state index contributed by atoms with van der Waals surface area (Å²) in [6, 6.07) is 11.0. The fraction of sp³-hybridized carbons (Fsp3) is 0.611. The highest BCUT2D eigenvalue weighted by molar-refractivity contribution is 7.98. The van der Waals surface area contributed by atoms with Crippen molar-refractivity contribution in [2.24, 2.45) is 28.9 Å². The Hall–Kier alpha value is -0.960. The molecule has 5 rings (SSSR count). The normalized spacial score (nSPS) is 43.4. The summed E-state index contributed by atoms with van der Waals surface area (Å²) in [6.07, 6.45) is 7.01. The van der Waals surface area contributed by atoms with Gasteiger partial charge in [0.15, 0.2) is 0 Å². The molecule has 1 aromatic rings. The van der Waals surface area contributed by atoms with Crippen LogP contribution in [0.1, 0.15) is 31.2 Å². The quantitative estimate of drug-likeness (QED) is 0.928. The molecule has 4 fully saturated rings. The number of thioether (sulfide) groups is 1. The fourth-order valence-corrected chi connectivity index (χ4v) is 7.15. The number of hydrogen-bond donors (Lipinski definition) is 1. The maximum atomic E-state index is 12.0. The molecule has 0 radical (unpaired) electrons. The molecule has 21 heavy (non-hydrogen) atoms. The van der Waals surface area contributed by atoms with Gasteiger partial charge in [0.05, 0.1) is 0 Å². The van der Waals surface area contributed by atoms with Crippen molar-refractivity contribution in [2.45, 2.75) is 31.1 Å². The summed E-state index contributed by atoms with van der Waals surface area (Å²) >= 11 is 1.94. The lowest BCUT2D eigenvalue weighted by Gasteiger charge is -2.42. The van der Waals surface area contributed by atoms with Gasteiger partial charge in [0.1, 0.15) is 0 Å². The average molecular weight is 301 g/mol. The molecular formula is C18H23NOS. The van der Waals surface area contributed by atoms with Crippen molar-refractivity contribution >= 4 is 17.7 Å². The predicted molar refractivity (Wildman–Crippen MR) is 87.1 cm³/mol. The second-order valence-electron chi connectivity index (χ2n) is 7.53. The Kier molecular flexibility index (Phi) is 2.94. The van der Waals surface area contributed by atoms with Gasteiger partial charge >= 0.3 is 0 Å². The minimum Gasteiger partial charge on any atom is -0.369 e. The largest absolute Gasteiger partial charge is 0.369 e. The third-order valence-electron chi connectivity index (χ3n) is 6.50. The second-order valence-corrected chi connectivity index (χ2v) is 8.39. The van der Waals surface area contributed by atoms with Gasteiger partial charge in [-0.1, -0.05) is 30.3 Å². The van der Waals surface area contributed by atoms with Crippen LogP contribution in [0.5, 0.6) is 0 Å². The molecule has 0 aromatic heterocycles. The Balaban J connectivity index is 1.76. The zero-order chi connectivity index (χ0) is 14.7. The zero-order valence-electron chi connectivity index (χ0n) is 12.5. The van der Waals surface area contributed by atoms with Crippen LogP contribution in [0, 0.1) is 23.2 Å². The van der Waals surface area contributed by atoms with E-state index in [1.807, 2.05) is 11.8 Å². The highest BCUT2D eigenvalue weighted by atomic mass is 32.2.